The van der Waals surface area contributed by atoms with Crippen molar-refractivity contribution in [2.24, 2.45) is 0 Å². The third kappa shape index (κ3) is 4.14. The first-order valence-corrected chi connectivity index (χ1v) is 7.18. The topological polar surface area (TPSA) is 50.2 Å². The third-order valence-corrected chi connectivity index (χ3v) is 3.69. The van der Waals surface area contributed by atoms with Crippen LogP contribution >= 0.6 is 0 Å². The number of carbonyl (C=O) groups excluding carboxylic acids is 1. The lowest BCUT2D eigenvalue weighted by molar-refractivity contribution is -0.119. The lowest BCUT2D eigenvalue weighted by atomic mass is 10.2. The molecule has 2 rings (SSSR count). The van der Waals surface area contributed by atoms with Crippen LogP contribution in [0.1, 0.15) is 32.0 Å². The summed E-state index contributed by atoms with van der Waals surface area (Å²) in [7, 11) is 0. The molecule has 1 atom stereocenters. The van der Waals surface area contributed by atoms with Crippen LogP contribution in [0.5, 0.6) is 0 Å². The van der Waals surface area contributed by atoms with Gasteiger partial charge in [0.15, 0.2) is 5.78 Å². The summed E-state index contributed by atoms with van der Waals surface area (Å²) in [6.07, 6.45) is 3.48. The number of ketones is 1. The van der Waals surface area contributed by atoms with E-state index >= 15 is 0 Å². The Labute approximate surface area is 115 Å². The first-order valence-electron chi connectivity index (χ1n) is 7.18. The Morgan fingerprint density at radius 1 is 1.47 bits per heavy atom. The highest BCUT2D eigenvalue weighted by Gasteiger charge is 2.15. The molecule has 0 spiro atoms. The van der Waals surface area contributed by atoms with E-state index in [9.17, 15) is 4.79 Å². The molecule has 1 saturated heterocycles. The lowest BCUT2D eigenvalue weighted by Gasteiger charge is -2.26. The van der Waals surface area contributed by atoms with Crippen LogP contribution in [0.15, 0.2) is 12.3 Å². The number of nitrogens with zero attached hydrogens (tertiary/aromatic N) is 3. The standard InChI is InChI=1S/C14H24N4O/c1-3-12(2)18-7-4-13(16-18)10-14(19)11-17-8-5-15-6-9-17/h4,7,12,15H,3,5-6,8-11H2,1-2H3. The largest absolute Gasteiger partial charge is 0.314 e. The Hall–Kier alpha value is -1.20. The first-order chi connectivity index (χ1) is 9.19. The van der Waals surface area contributed by atoms with Crippen molar-refractivity contribution in [1.29, 1.82) is 0 Å². The van der Waals surface area contributed by atoms with Crippen LogP contribution in [0.3, 0.4) is 0 Å². The molecule has 0 saturated carbocycles. The van der Waals surface area contributed by atoms with E-state index < -0.39 is 0 Å². The van der Waals surface area contributed by atoms with E-state index in [0.717, 1.165) is 38.3 Å². The Morgan fingerprint density at radius 3 is 2.89 bits per heavy atom. The molecule has 0 aromatic carbocycles. The maximum atomic E-state index is 12.0. The summed E-state index contributed by atoms with van der Waals surface area (Å²) in [6.45, 7) is 8.73. The summed E-state index contributed by atoms with van der Waals surface area (Å²) >= 11 is 0. The van der Waals surface area contributed by atoms with E-state index in [0.29, 0.717) is 19.0 Å². The molecule has 1 unspecified atom stereocenters. The smallest absolute Gasteiger partial charge is 0.152 e. The second kappa shape index (κ2) is 6.82. The van der Waals surface area contributed by atoms with Gasteiger partial charge in [-0.3, -0.25) is 14.4 Å². The molecule has 1 fully saturated rings. The van der Waals surface area contributed by atoms with Crippen molar-refractivity contribution in [3.05, 3.63) is 18.0 Å². The van der Waals surface area contributed by atoms with E-state index in [1.807, 2.05) is 16.9 Å². The SMILES string of the molecule is CCC(C)n1ccc(CC(=O)CN2CCNCC2)n1. The fourth-order valence-electron chi connectivity index (χ4n) is 2.28. The fourth-order valence-corrected chi connectivity index (χ4v) is 2.28. The van der Waals surface area contributed by atoms with Crippen LogP contribution in [0.2, 0.25) is 0 Å². The second-order valence-corrected chi connectivity index (χ2v) is 5.29. The van der Waals surface area contributed by atoms with Crippen molar-refractivity contribution in [3.8, 4) is 0 Å². The highest BCUT2D eigenvalue weighted by Crippen LogP contribution is 2.09. The van der Waals surface area contributed by atoms with Crippen LogP contribution in [-0.4, -0.2) is 53.2 Å². The Balaban J connectivity index is 1.82. The normalized spacial score (nSPS) is 18.4. The number of nitrogens with one attached hydrogen (secondary N) is 1. The van der Waals surface area contributed by atoms with Gasteiger partial charge < -0.3 is 5.32 Å². The molecule has 5 nitrogen and oxygen atoms in total. The molecule has 1 aliphatic rings. The molecule has 2 heterocycles. The van der Waals surface area contributed by atoms with Crippen molar-refractivity contribution >= 4 is 5.78 Å². The predicted octanol–water partition coefficient (Wildman–Crippen LogP) is 0.871. The van der Waals surface area contributed by atoms with Gasteiger partial charge in [-0.05, 0) is 19.4 Å². The molecular formula is C14H24N4O. The minimum atomic E-state index is 0.260. The molecule has 0 amide bonds. The molecule has 1 aromatic heterocycles. The number of aromatic nitrogens is 2. The zero-order valence-corrected chi connectivity index (χ0v) is 11.9. The van der Waals surface area contributed by atoms with Crippen LogP contribution in [0, 0.1) is 0 Å². The van der Waals surface area contributed by atoms with Crippen LogP contribution in [0.4, 0.5) is 0 Å². The molecule has 106 valence electrons. The summed E-state index contributed by atoms with van der Waals surface area (Å²) in [6, 6.07) is 2.36. The van der Waals surface area contributed by atoms with Gasteiger partial charge >= 0.3 is 0 Å². The van der Waals surface area contributed by atoms with E-state index in [2.05, 4.69) is 29.2 Å². The summed E-state index contributed by atoms with van der Waals surface area (Å²) < 4.78 is 1.95. The fraction of sp³-hybridized carbons (Fsp3) is 0.714. The molecule has 19 heavy (non-hydrogen) atoms. The highest BCUT2D eigenvalue weighted by atomic mass is 16.1. The van der Waals surface area contributed by atoms with E-state index in [1.165, 1.54) is 0 Å². The monoisotopic (exact) mass is 264 g/mol. The van der Waals surface area contributed by atoms with Crippen LogP contribution in [0.25, 0.3) is 0 Å². The van der Waals surface area contributed by atoms with Gasteiger partial charge in [0.05, 0.1) is 18.7 Å². The molecular weight excluding hydrogens is 240 g/mol. The van der Waals surface area contributed by atoms with Gasteiger partial charge in [-0.1, -0.05) is 6.92 Å². The molecule has 0 bridgehead atoms. The second-order valence-electron chi connectivity index (χ2n) is 5.29. The minimum Gasteiger partial charge on any atom is -0.314 e. The van der Waals surface area contributed by atoms with Crippen molar-refractivity contribution in [2.45, 2.75) is 32.7 Å². The quantitative estimate of drug-likeness (QED) is 0.828. The minimum absolute atomic E-state index is 0.260. The highest BCUT2D eigenvalue weighted by molar-refractivity contribution is 5.82. The van der Waals surface area contributed by atoms with E-state index in [4.69, 9.17) is 0 Å². The summed E-state index contributed by atoms with van der Waals surface area (Å²) in [5, 5.41) is 7.77. The van der Waals surface area contributed by atoms with E-state index in [1.54, 1.807) is 0 Å². The summed E-state index contributed by atoms with van der Waals surface area (Å²) in [4.78, 5) is 14.2. The van der Waals surface area contributed by atoms with Crippen molar-refractivity contribution < 1.29 is 4.79 Å². The number of hydrogen-bond donors (Lipinski definition) is 1. The Bertz CT molecular complexity index is 409. The number of rotatable bonds is 6. The van der Waals surface area contributed by atoms with Crippen molar-refractivity contribution in [1.82, 2.24) is 20.0 Å². The average Bonchev–Trinajstić information content (AvgIpc) is 2.87. The maximum Gasteiger partial charge on any atom is 0.152 e. The third-order valence-electron chi connectivity index (χ3n) is 3.69. The van der Waals surface area contributed by atoms with Gasteiger partial charge in [-0.2, -0.15) is 5.10 Å². The molecule has 5 heteroatoms. The van der Waals surface area contributed by atoms with Crippen LogP contribution in [-0.2, 0) is 11.2 Å². The van der Waals surface area contributed by atoms with Gasteiger partial charge in [0.25, 0.3) is 0 Å². The lowest BCUT2D eigenvalue weighted by Crippen LogP contribution is -2.45. The average molecular weight is 264 g/mol. The molecule has 1 aromatic rings. The van der Waals surface area contributed by atoms with Gasteiger partial charge in [0.1, 0.15) is 0 Å². The zero-order valence-electron chi connectivity index (χ0n) is 11.9. The predicted molar refractivity (Wildman–Crippen MR) is 75.2 cm³/mol. The Kier molecular flexibility index (Phi) is 5.10. The van der Waals surface area contributed by atoms with Gasteiger partial charge in [-0.25, -0.2) is 0 Å². The zero-order chi connectivity index (χ0) is 13.7. The van der Waals surface area contributed by atoms with E-state index in [-0.39, 0.29) is 5.78 Å². The number of piperazine rings is 1. The van der Waals surface area contributed by atoms with Crippen LogP contribution < -0.4 is 5.32 Å². The van der Waals surface area contributed by atoms with Crippen molar-refractivity contribution in [3.63, 3.8) is 0 Å². The summed E-state index contributed by atoms with van der Waals surface area (Å²) in [5.74, 6) is 0.260. The van der Waals surface area contributed by atoms with Gasteiger partial charge in [0.2, 0.25) is 0 Å². The first kappa shape index (κ1) is 14.2. The van der Waals surface area contributed by atoms with Gasteiger partial charge in [0, 0.05) is 38.4 Å². The number of hydrogen-bond acceptors (Lipinski definition) is 4. The van der Waals surface area contributed by atoms with Gasteiger partial charge in [-0.15, -0.1) is 0 Å². The number of carbonyl (C=O) groups is 1. The molecule has 1 N–H and O–H groups in total. The Morgan fingerprint density at radius 2 is 2.21 bits per heavy atom. The molecule has 0 aliphatic carbocycles. The summed E-state index contributed by atoms with van der Waals surface area (Å²) in [5.41, 5.74) is 0.889. The van der Waals surface area contributed by atoms with Crippen molar-refractivity contribution in [2.75, 3.05) is 32.7 Å². The number of Topliss-reactive ketones (excluding diaryl/α,β-unsaturated/α-hetero) is 1. The molecule has 0 radical (unpaired) electrons. The molecule has 1 aliphatic heterocycles. The maximum absolute atomic E-state index is 12.0.